The third-order valence-corrected chi connectivity index (χ3v) is 3.70. The Hall–Kier alpha value is -1.39. The summed E-state index contributed by atoms with van der Waals surface area (Å²) < 4.78 is 5.21. The van der Waals surface area contributed by atoms with Gasteiger partial charge in [0.05, 0.1) is 13.0 Å². The predicted molar refractivity (Wildman–Crippen MR) is 72.8 cm³/mol. The number of ether oxygens (including phenoxy) is 1. The van der Waals surface area contributed by atoms with E-state index in [4.69, 9.17) is 9.84 Å². The van der Waals surface area contributed by atoms with Gasteiger partial charge in [0.25, 0.3) is 0 Å². The molecule has 0 saturated carbocycles. The molecule has 0 spiro atoms. The number of methoxy groups -OCH3 is 1. The van der Waals surface area contributed by atoms with Crippen LogP contribution in [0.15, 0.2) is 24.3 Å². The van der Waals surface area contributed by atoms with Crippen molar-refractivity contribution in [2.75, 3.05) is 13.7 Å². The van der Waals surface area contributed by atoms with E-state index in [0.717, 1.165) is 25.9 Å². The minimum absolute atomic E-state index is 0.174. The highest BCUT2D eigenvalue weighted by molar-refractivity contribution is 5.67. The minimum atomic E-state index is -0.706. The van der Waals surface area contributed by atoms with Crippen molar-refractivity contribution in [1.29, 1.82) is 0 Å². The molecule has 1 aromatic rings. The Morgan fingerprint density at radius 2 is 2.16 bits per heavy atom. The second-order valence-electron chi connectivity index (χ2n) is 5.07. The molecule has 0 amide bonds. The van der Waals surface area contributed by atoms with Gasteiger partial charge in [-0.2, -0.15) is 0 Å². The number of aliphatic carboxylic acids is 1. The molecular formula is C15H21NO3. The summed E-state index contributed by atoms with van der Waals surface area (Å²) in [5.74, 6) is -0.706. The maximum atomic E-state index is 10.9. The van der Waals surface area contributed by atoms with Gasteiger partial charge in [-0.3, -0.25) is 9.69 Å². The van der Waals surface area contributed by atoms with Gasteiger partial charge in [0.1, 0.15) is 0 Å². The van der Waals surface area contributed by atoms with Crippen LogP contribution in [0.2, 0.25) is 0 Å². The van der Waals surface area contributed by atoms with Crippen LogP contribution in [0, 0.1) is 0 Å². The van der Waals surface area contributed by atoms with Crippen LogP contribution in [0.5, 0.6) is 0 Å². The Bertz CT molecular complexity index is 433. The second kappa shape index (κ2) is 6.68. The van der Waals surface area contributed by atoms with Crippen LogP contribution < -0.4 is 0 Å². The van der Waals surface area contributed by atoms with Crippen LogP contribution in [0.4, 0.5) is 0 Å². The van der Waals surface area contributed by atoms with Crippen LogP contribution in [0.3, 0.4) is 0 Å². The zero-order chi connectivity index (χ0) is 13.7. The number of benzene rings is 1. The van der Waals surface area contributed by atoms with E-state index in [1.54, 1.807) is 7.11 Å². The van der Waals surface area contributed by atoms with Crippen molar-refractivity contribution in [3.05, 3.63) is 35.4 Å². The topological polar surface area (TPSA) is 49.8 Å². The van der Waals surface area contributed by atoms with Crippen molar-refractivity contribution in [2.24, 2.45) is 0 Å². The number of hydrogen-bond donors (Lipinski definition) is 1. The molecule has 0 aromatic heterocycles. The molecule has 2 rings (SSSR count). The highest BCUT2D eigenvalue weighted by Crippen LogP contribution is 2.23. The summed E-state index contributed by atoms with van der Waals surface area (Å²) in [6, 6.07) is 8.38. The molecule has 1 heterocycles. The maximum Gasteiger partial charge on any atom is 0.304 e. The van der Waals surface area contributed by atoms with Gasteiger partial charge in [-0.25, -0.2) is 0 Å². The summed E-state index contributed by atoms with van der Waals surface area (Å²) in [7, 11) is 1.69. The van der Waals surface area contributed by atoms with Crippen molar-refractivity contribution in [3.8, 4) is 0 Å². The summed E-state index contributed by atoms with van der Waals surface area (Å²) in [5, 5.41) is 8.95. The first kappa shape index (κ1) is 14.0. The van der Waals surface area contributed by atoms with Crippen LogP contribution in [-0.2, 0) is 22.7 Å². The standard InChI is InChI=1S/C15H21NO3/c1-19-11-13-6-3-2-5-12(13)10-16-8-4-7-14(16)9-15(17)18/h2-3,5-6,14H,4,7-11H2,1H3,(H,17,18). The molecule has 19 heavy (non-hydrogen) atoms. The summed E-state index contributed by atoms with van der Waals surface area (Å²) in [4.78, 5) is 13.2. The SMILES string of the molecule is COCc1ccccc1CN1CCCC1CC(=O)O. The fraction of sp³-hybridized carbons (Fsp3) is 0.533. The Kier molecular flexibility index (Phi) is 4.93. The normalized spacial score (nSPS) is 19.7. The first-order valence-corrected chi connectivity index (χ1v) is 6.72. The van der Waals surface area contributed by atoms with E-state index in [0.29, 0.717) is 6.61 Å². The lowest BCUT2D eigenvalue weighted by Crippen LogP contribution is -2.31. The van der Waals surface area contributed by atoms with E-state index >= 15 is 0 Å². The molecule has 0 aliphatic carbocycles. The van der Waals surface area contributed by atoms with Crippen molar-refractivity contribution < 1.29 is 14.6 Å². The predicted octanol–water partition coefficient (Wildman–Crippen LogP) is 2.27. The van der Waals surface area contributed by atoms with Gasteiger partial charge >= 0.3 is 5.97 Å². The van der Waals surface area contributed by atoms with E-state index in [1.165, 1.54) is 11.1 Å². The molecule has 4 heteroatoms. The number of carbonyl (C=O) groups is 1. The molecule has 4 nitrogen and oxygen atoms in total. The molecule has 1 N–H and O–H groups in total. The van der Waals surface area contributed by atoms with E-state index in [1.807, 2.05) is 12.1 Å². The zero-order valence-electron chi connectivity index (χ0n) is 11.3. The van der Waals surface area contributed by atoms with Gasteiger partial charge in [0.2, 0.25) is 0 Å². The van der Waals surface area contributed by atoms with Gasteiger partial charge in [0.15, 0.2) is 0 Å². The van der Waals surface area contributed by atoms with Gasteiger partial charge < -0.3 is 9.84 Å². The fourth-order valence-electron chi connectivity index (χ4n) is 2.76. The first-order chi connectivity index (χ1) is 9.20. The molecule has 1 fully saturated rings. The van der Waals surface area contributed by atoms with Crippen molar-refractivity contribution in [3.63, 3.8) is 0 Å². The third-order valence-electron chi connectivity index (χ3n) is 3.70. The van der Waals surface area contributed by atoms with Crippen molar-refractivity contribution in [1.82, 2.24) is 4.90 Å². The average Bonchev–Trinajstić information content (AvgIpc) is 2.79. The summed E-state index contributed by atoms with van der Waals surface area (Å²) in [6.07, 6.45) is 2.32. The first-order valence-electron chi connectivity index (χ1n) is 6.72. The van der Waals surface area contributed by atoms with Gasteiger partial charge in [0, 0.05) is 19.7 Å². The number of carboxylic acid groups (broad SMARTS) is 1. The highest BCUT2D eigenvalue weighted by Gasteiger charge is 2.26. The maximum absolute atomic E-state index is 10.9. The molecule has 1 aliphatic heterocycles. The van der Waals surface area contributed by atoms with Crippen molar-refractivity contribution >= 4 is 5.97 Å². The van der Waals surface area contributed by atoms with E-state index < -0.39 is 5.97 Å². The number of rotatable bonds is 6. The lowest BCUT2D eigenvalue weighted by molar-refractivity contribution is -0.138. The molecule has 0 radical (unpaired) electrons. The molecule has 1 saturated heterocycles. The number of likely N-dealkylation sites (tertiary alicyclic amines) is 1. The van der Waals surface area contributed by atoms with Crippen LogP contribution in [-0.4, -0.2) is 35.7 Å². The number of hydrogen-bond acceptors (Lipinski definition) is 3. The molecule has 1 aromatic carbocycles. The lowest BCUT2D eigenvalue weighted by Gasteiger charge is -2.24. The Balaban J connectivity index is 2.05. The monoisotopic (exact) mass is 263 g/mol. The van der Waals surface area contributed by atoms with Crippen LogP contribution >= 0.6 is 0 Å². The Labute approximate surface area is 114 Å². The van der Waals surface area contributed by atoms with E-state index in [-0.39, 0.29) is 12.5 Å². The van der Waals surface area contributed by atoms with Crippen LogP contribution in [0.1, 0.15) is 30.4 Å². The van der Waals surface area contributed by atoms with Gasteiger partial charge in [-0.1, -0.05) is 24.3 Å². The largest absolute Gasteiger partial charge is 0.481 e. The molecule has 0 bridgehead atoms. The fourth-order valence-corrected chi connectivity index (χ4v) is 2.76. The average molecular weight is 263 g/mol. The lowest BCUT2D eigenvalue weighted by atomic mass is 10.1. The smallest absolute Gasteiger partial charge is 0.304 e. The quantitative estimate of drug-likeness (QED) is 0.855. The third kappa shape index (κ3) is 3.78. The summed E-state index contributed by atoms with van der Waals surface area (Å²) in [5.41, 5.74) is 2.42. The molecule has 1 atom stereocenters. The Morgan fingerprint density at radius 1 is 1.42 bits per heavy atom. The van der Waals surface area contributed by atoms with E-state index in [2.05, 4.69) is 17.0 Å². The van der Waals surface area contributed by atoms with Gasteiger partial charge in [-0.05, 0) is 30.5 Å². The number of nitrogens with zero attached hydrogens (tertiary/aromatic N) is 1. The molecule has 1 aliphatic rings. The Morgan fingerprint density at radius 3 is 2.84 bits per heavy atom. The summed E-state index contributed by atoms with van der Waals surface area (Å²) in [6.45, 7) is 2.41. The number of carboxylic acids is 1. The molecule has 1 unspecified atom stereocenters. The highest BCUT2D eigenvalue weighted by atomic mass is 16.5. The molecule has 104 valence electrons. The summed E-state index contributed by atoms with van der Waals surface area (Å²) >= 11 is 0. The second-order valence-corrected chi connectivity index (χ2v) is 5.07. The van der Waals surface area contributed by atoms with E-state index in [9.17, 15) is 4.79 Å². The van der Waals surface area contributed by atoms with Gasteiger partial charge in [-0.15, -0.1) is 0 Å². The van der Waals surface area contributed by atoms with Crippen molar-refractivity contribution in [2.45, 2.75) is 38.5 Å². The minimum Gasteiger partial charge on any atom is -0.481 e. The molecular weight excluding hydrogens is 242 g/mol. The van der Waals surface area contributed by atoms with Crippen LogP contribution in [0.25, 0.3) is 0 Å². The zero-order valence-corrected chi connectivity index (χ0v) is 11.3.